The fraction of sp³-hybridized carbons (Fsp3) is 0.786. The van der Waals surface area contributed by atoms with Crippen LogP contribution in [0.1, 0.15) is 19.3 Å². The fourth-order valence-corrected chi connectivity index (χ4v) is 2.90. The number of aliphatic hydroxyl groups excluding tert-OH is 1. The summed E-state index contributed by atoms with van der Waals surface area (Å²) in [6.07, 6.45) is 5.86. The minimum Gasteiger partial charge on any atom is -0.396 e. The molecule has 0 spiro atoms. The Bertz CT molecular complexity index is 471. The Morgan fingerprint density at radius 3 is 2.77 bits per heavy atom. The Labute approximate surface area is 130 Å². The van der Waals surface area contributed by atoms with E-state index in [0.29, 0.717) is 12.6 Å². The quantitative estimate of drug-likeness (QED) is 0.558. The first-order valence-corrected chi connectivity index (χ1v) is 7.80. The molecule has 0 bridgehead atoms. The van der Waals surface area contributed by atoms with Crippen molar-refractivity contribution >= 4 is 5.69 Å². The standard InChI is InChI=1S/C14H25N5O3/c1-16(5-2-10-20)13-3-6-17(7-4-13)8-9-18-12-14(11-15-18)19(21)22/h11-13,20H,2-10H2,1H3. The Morgan fingerprint density at radius 1 is 1.45 bits per heavy atom. The lowest BCUT2D eigenvalue weighted by molar-refractivity contribution is -0.385. The van der Waals surface area contributed by atoms with E-state index < -0.39 is 4.92 Å². The van der Waals surface area contributed by atoms with Gasteiger partial charge in [0.1, 0.15) is 12.4 Å². The summed E-state index contributed by atoms with van der Waals surface area (Å²) < 4.78 is 1.64. The maximum absolute atomic E-state index is 10.6. The van der Waals surface area contributed by atoms with Gasteiger partial charge in [0.2, 0.25) is 0 Å². The van der Waals surface area contributed by atoms with E-state index in [1.807, 2.05) is 0 Å². The molecule has 2 rings (SSSR count). The third-order valence-corrected chi connectivity index (χ3v) is 4.33. The first-order chi connectivity index (χ1) is 10.6. The molecule has 1 fully saturated rings. The molecule has 1 aliphatic rings. The lowest BCUT2D eigenvalue weighted by Gasteiger charge is -2.36. The third kappa shape index (κ3) is 4.75. The Hall–Kier alpha value is -1.51. The zero-order chi connectivity index (χ0) is 15.9. The average molecular weight is 311 g/mol. The van der Waals surface area contributed by atoms with Gasteiger partial charge in [-0.3, -0.25) is 14.8 Å². The van der Waals surface area contributed by atoms with Crippen LogP contribution in [0.15, 0.2) is 12.4 Å². The van der Waals surface area contributed by atoms with Gasteiger partial charge in [-0.05, 0) is 39.4 Å². The maximum Gasteiger partial charge on any atom is 0.306 e. The molecule has 1 aromatic rings. The van der Waals surface area contributed by atoms with E-state index in [1.165, 1.54) is 12.4 Å². The Kier molecular flexibility index (Phi) is 6.29. The van der Waals surface area contributed by atoms with Crippen LogP contribution in [-0.2, 0) is 6.54 Å². The van der Waals surface area contributed by atoms with Crippen molar-refractivity contribution in [3.05, 3.63) is 22.5 Å². The summed E-state index contributed by atoms with van der Waals surface area (Å²) in [6, 6.07) is 0.591. The van der Waals surface area contributed by atoms with Crippen LogP contribution in [0.2, 0.25) is 0 Å². The number of hydrogen-bond acceptors (Lipinski definition) is 6. The summed E-state index contributed by atoms with van der Waals surface area (Å²) in [4.78, 5) is 14.9. The largest absolute Gasteiger partial charge is 0.396 e. The molecule has 124 valence electrons. The van der Waals surface area contributed by atoms with Crippen molar-refractivity contribution in [1.29, 1.82) is 0 Å². The predicted octanol–water partition coefficient (Wildman–Crippen LogP) is 0.570. The predicted molar refractivity (Wildman–Crippen MR) is 82.7 cm³/mol. The van der Waals surface area contributed by atoms with E-state index in [9.17, 15) is 10.1 Å². The minimum atomic E-state index is -0.419. The third-order valence-electron chi connectivity index (χ3n) is 4.33. The van der Waals surface area contributed by atoms with Gasteiger partial charge in [-0.2, -0.15) is 5.10 Å². The Balaban J connectivity index is 1.69. The molecule has 8 heteroatoms. The van der Waals surface area contributed by atoms with Gasteiger partial charge in [0.15, 0.2) is 0 Å². The van der Waals surface area contributed by atoms with Crippen LogP contribution in [0, 0.1) is 10.1 Å². The second kappa shape index (κ2) is 8.21. The topological polar surface area (TPSA) is 87.7 Å². The van der Waals surface area contributed by atoms with Crippen molar-refractivity contribution in [2.24, 2.45) is 0 Å². The normalized spacial score (nSPS) is 17.2. The van der Waals surface area contributed by atoms with Gasteiger partial charge in [0, 0.05) is 25.7 Å². The monoisotopic (exact) mass is 311 g/mol. The van der Waals surface area contributed by atoms with Crippen LogP contribution in [0.25, 0.3) is 0 Å². The molecule has 0 saturated carbocycles. The Morgan fingerprint density at radius 2 is 2.18 bits per heavy atom. The highest BCUT2D eigenvalue weighted by Crippen LogP contribution is 2.16. The molecule has 2 heterocycles. The zero-order valence-electron chi connectivity index (χ0n) is 13.1. The van der Waals surface area contributed by atoms with E-state index >= 15 is 0 Å². The molecule has 1 saturated heterocycles. The number of piperidine rings is 1. The van der Waals surface area contributed by atoms with Gasteiger partial charge in [0.25, 0.3) is 0 Å². The number of rotatable bonds is 8. The maximum atomic E-state index is 10.6. The van der Waals surface area contributed by atoms with Crippen molar-refractivity contribution in [2.75, 3.05) is 39.8 Å². The van der Waals surface area contributed by atoms with Crippen LogP contribution >= 0.6 is 0 Å². The van der Waals surface area contributed by atoms with Crippen molar-refractivity contribution in [1.82, 2.24) is 19.6 Å². The molecule has 0 atom stereocenters. The van der Waals surface area contributed by atoms with E-state index in [2.05, 4.69) is 21.9 Å². The van der Waals surface area contributed by atoms with Gasteiger partial charge >= 0.3 is 5.69 Å². The SMILES string of the molecule is CN(CCCO)C1CCN(CCn2cc([N+](=O)[O-])cn2)CC1. The van der Waals surface area contributed by atoms with E-state index in [0.717, 1.165) is 45.4 Å². The lowest BCUT2D eigenvalue weighted by Crippen LogP contribution is -2.44. The van der Waals surface area contributed by atoms with Gasteiger partial charge in [-0.25, -0.2) is 0 Å². The van der Waals surface area contributed by atoms with Crippen LogP contribution in [-0.4, -0.2) is 75.5 Å². The molecular weight excluding hydrogens is 286 g/mol. The second-order valence-corrected chi connectivity index (χ2v) is 5.85. The van der Waals surface area contributed by atoms with Crippen LogP contribution in [0.3, 0.4) is 0 Å². The fourth-order valence-electron chi connectivity index (χ4n) is 2.90. The second-order valence-electron chi connectivity index (χ2n) is 5.85. The van der Waals surface area contributed by atoms with E-state index in [-0.39, 0.29) is 12.3 Å². The van der Waals surface area contributed by atoms with Crippen molar-refractivity contribution in [3.63, 3.8) is 0 Å². The lowest BCUT2D eigenvalue weighted by atomic mass is 10.0. The summed E-state index contributed by atoms with van der Waals surface area (Å²) in [5.74, 6) is 0. The first-order valence-electron chi connectivity index (χ1n) is 7.80. The zero-order valence-corrected chi connectivity index (χ0v) is 13.1. The molecule has 22 heavy (non-hydrogen) atoms. The summed E-state index contributed by atoms with van der Waals surface area (Å²) in [7, 11) is 2.12. The summed E-state index contributed by atoms with van der Waals surface area (Å²) in [5.41, 5.74) is 0.0456. The number of nitrogens with zero attached hydrogens (tertiary/aromatic N) is 5. The van der Waals surface area contributed by atoms with Gasteiger partial charge in [-0.1, -0.05) is 0 Å². The molecule has 0 amide bonds. The van der Waals surface area contributed by atoms with Gasteiger partial charge < -0.3 is 14.9 Å². The molecule has 1 aliphatic heterocycles. The first kappa shape index (κ1) is 16.9. The van der Waals surface area contributed by atoms with E-state index in [1.54, 1.807) is 4.68 Å². The minimum absolute atomic E-state index is 0.0456. The number of nitro groups is 1. The van der Waals surface area contributed by atoms with Crippen LogP contribution < -0.4 is 0 Å². The molecule has 0 aromatic carbocycles. The van der Waals surface area contributed by atoms with E-state index in [4.69, 9.17) is 5.11 Å². The average Bonchev–Trinajstić information content (AvgIpc) is 3.00. The summed E-state index contributed by atoms with van der Waals surface area (Å²) >= 11 is 0. The van der Waals surface area contributed by atoms with Crippen molar-refractivity contribution < 1.29 is 10.0 Å². The van der Waals surface area contributed by atoms with Crippen LogP contribution in [0.5, 0.6) is 0 Å². The summed E-state index contributed by atoms with van der Waals surface area (Å²) in [5, 5.41) is 23.5. The molecule has 1 N–H and O–H groups in total. The molecule has 1 aromatic heterocycles. The van der Waals surface area contributed by atoms with Crippen molar-refractivity contribution in [3.8, 4) is 0 Å². The number of likely N-dealkylation sites (tertiary alicyclic amines) is 1. The smallest absolute Gasteiger partial charge is 0.306 e. The number of hydrogen-bond donors (Lipinski definition) is 1. The highest BCUT2D eigenvalue weighted by Gasteiger charge is 2.22. The molecule has 0 unspecified atom stereocenters. The summed E-state index contributed by atoms with van der Waals surface area (Å²) in [6.45, 7) is 4.82. The van der Waals surface area contributed by atoms with Crippen molar-refractivity contribution in [2.45, 2.75) is 31.8 Å². The van der Waals surface area contributed by atoms with Crippen LogP contribution in [0.4, 0.5) is 5.69 Å². The highest BCUT2D eigenvalue weighted by atomic mass is 16.6. The molecular formula is C14H25N5O3. The van der Waals surface area contributed by atoms with Gasteiger partial charge in [0.05, 0.1) is 11.5 Å². The molecule has 8 nitrogen and oxygen atoms in total. The molecule has 0 aliphatic carbocycles. The number of aromatic nitrogens is 2. The van der Waals surface area contributed by atoms with Gasteiger partial charge in [-0.15, -0.1) is 0 Å². The molecule has 0 radical (unpaired) electrons. The highest BCUT2D eigenvalue weighted by molar-refractivity contribution is 5.20. The number of aliphatic hydroxyl groups is 1.